The Morgan fingerprint density at radius 2 is 2.21 bits per heavy atom. The first-order valence-corrected chi connectivity index (χ1v) is 7.83. The normalized spacial score (nSPS) is 25.2. The van der Waals surface area contributed by atoms with Gasteiger partial charge in [-0.15, -0.1) is 0 Å². The van der Waals surface area contributed by atoms with Gasteiger partial charge in [-0.3, -0.25) is 4.90 Å². The molecule has 1 aromatic rings. The molecule has 2 rings (SSSR count). The van der Waals surface area contributed by atoms with E-state index in [1.54, 1.807) is 0 Å². The van der Waals surface area contributed by atoms with E-state index < -0.39 is 0 Å². The lowest BCUT2D eigenvalue weighted by Gasteiger charge is -2.35. The molecule has 2 unspecified atom stereocenters. The van der Waals surface area contributed by atoms with Crippen molar-refractivity contribution in [2.24, 2.45) is 11.7 Å². The summed E-state index contributed by atoms with van der Waals surface area (Å²) in [5.41, 5.74) is 7.37. The molecular weight excluding hydrogens is 256 g/mol. The molecule has 1 saturated heterocycles. The molecule has 0 saturated carbocycles. The number of nitrogens with zero attached hydrogens (tertiary/aromatic N) is 1. The summed E-state index contributed by atoms with van der Waals surface area (Å²) >= 11 is 6.17. The highest BCUT2D eigenvalue weighted by molar-refractivity contribution is 6.30. The Hall–Kier alpha value is -0.570. The van der Waals surface area contributed by atoms with Crippen LogP contribution in [-0.4, -0.2) is 24.5 Å². The topological polar surface area (TPSA) is 29.3 Å². The van der Waals surface area contributed by atoms with E-state index in [4.69, 9.17) is 17.3 Å². The van der Waals surface area contributed by atoms with E-state index >= 15 is 0 Å². The summed E-state index contributed by atoms with van der Waals surface area (Å²) in [5.74, 6) is 0.549. The standard InChI is InChI=1S/C16H25ClN2/c1-2-9-19-10-4-3-6-14(12-18)16(19)13-7-5-8-15(17)11-13/h5,7-8,11,14,16H,2-4,6,9-10,12,18H2,1H3. The fraction of sp³-hybridized carbons (Fsp3) is 0.625. The van der Waals surface area contributed by atoms with Gasteiger partial charge in [-0.1, -0.05) is 37.1 Å². The average Bonchev–Trinajstić information content (AvgIpc) is 2.61. The minimum atomic E-state index is 0.436. The molecule has 1 aliphatic rings. The van der Waals surface area contributed by atoms with Gasteiger partial charge in [0.05, 0.1) is 0 Å². The molecule has 2 N–H and O–H groups in total. The minimum Gasteiger partial charge on any atom is -0.330 e. The van der Waals surface area contributed by atoms with Crippen LogP contribution < -0.4 is 5.73 Å². The van der Waals surface area contributed by atoms with E-state index in [9.17, 15) is 0 Å². The zero-order valence-corrected chi connectivity index (χ0v) is 12.6. The van der Waals surface area contributed by atoms with Crippen LogP contribution in [0.15, 0.2) is 24.3 Å². The number of nitrogens with two attached hydrogens (primary N) is 1. The van der Waals surface area contributed by atoms with Gasteiger partial charge in [-0.05, 0) is 62.5 Å². The predicted octanol–water partition coefficient (Wildman–Crippen LogP) is 3.85. The SMILES string of the molecule is CCCN1CCCCC(CN)C1c1cccc(Cl)c1. The van der Waals surface area contributed by atoms with Crippen LogP contribution in [-0.2, 0) is 0 Å². The average molecular weight is 281 g/mol. The Morgan fingerprint density at radius 3 is 2.89 bits per heavy atom. The summed E-state index contributed by atoms with van der Waals surface area (Å²) in [4.78, 5) is 2.61. The van der Waals surface area contributed by atoms with Gasteiger partial charge in [0.25, 0.3) is 0 Å². The van der Waals surface area contributed by atoms with Crippen molar-refractivity contribution in [1.82, 2.24) is 4.90 Å². The summed E-state index contributed by atoms with van der Waals surface area (Å²) in [6.07, 6.45) is 5.00. The summed E-state index contributed by atoms with van der Waals surface area (Å²) in [5, 5.41) is 0.828. The van der Waals surface area contributed by atoms with E-state index in [1.165, 1.54) is 37.8 Å². The third-order valence-corrected chi connectivity index (χ3v) is 4.35. The minimum absolute atomic E-state index is 0.436. The van der Waals surface area contributed by atoms with Crippen LogP contribution >= 0.6 is 11.6 Å². The highest BCUT2D eigenvalue weighted by Gasteiger charge is 2.29. The second-order valence-corrected chi connectivity index (χ2v) is 5.96. The molecule has 0 radical (unpaired) electrons. The third kappa shape index (κ3) is 3.71. The summed E-state index contributed by atoms with van der Waals surface area (Å²) in [6.45, 7) is 5.34. The van der Waals surface area contributed by atoms with Crippen LogP contribution in [0.1, 0.15) is 44.2 Å². The second-order valence-electron chi connectivity index (χ2n) is 5.53. The van der Waals surface area contributed by atoms with Gasteiger partial charge in [-0.2, -0.15) is 0 Å². The fourth-order valence-corrected chi connectivity index (χ4v) is 3.47. The van der Waals surface area contributed by atoms with Gasteiger partial charge in [-0.25, -0.2) is 0 Å². The molecular formula is C16H25ClN2. The second kappa shape index (κ2) is 7.28. The lowest BCUT2D eigenvalue weighted by Crippen LogP contribution is -2.36. The molecule has 106 valence electrons. The van der Waals surface area contributed by atoms with Crippen molar-refractivity contribution < 1.29 is 0 Å². The largest absolute Gasteiger partial charge is 0.330 e. The Kier molecular flexibility index (Phi) is 5.68. The number of rotatable bonds is 4. The van der Waals surface area contributed by atoms with Crippen molar-refractivity contribution in [3.05, 3.63) is 34.9 Å². The smallest absolute Gasteiger partial charge is 0.0409 e. The van der Waals surface area contributed by atoms with Gasteiger partial charge in [0.2, 0.25) is 0 Å². The molecule has 3 heteroatoms. The number of hydrogen-bond acceptors (Lipinski definition) is 2. The fourth-order valence-electron chi connectivity index (χ4n) is 3.27. The quantitative estimate of drug-likeness (QED) is 0.908. The Balaban J connectivity index is 2.31. The maximum Gasteiger partial charge on any atom is 0.0409 e. The van der Waals surface area contributed by atoms with Gasteiger partial charge >= 0.3 is 0 Å². The van der Waals surface area contributed by atoms with E-state index in [-0.39, 0.29) is 0 Å². The molecule has 2 nitrogen and oxygen atoms in total. The molecule has 2 atom stereocenters. The zero-order valence-electron chi connectivity index (χ0n) is 11.8. The number of halogens is 1. The van der Waals surface area contributed by atoms with Crippen LogP contribution in [0.3, 0.4) is 0 Å². The highest BCUT2D eigenvalue weighted by Crippen LogP contribution is 2.35. The zero-order chi connectivity index (χ0) is 13.7. The van der Waals surface area contributed by atoms with E-state index in [0.717, 1.165) is 18.1 Å². The molecule has 1 aromatic carbocycles. The molecule has 0 bridgehead atoms. The Labute approximate surface area is 121 Å². The van der Waals surface area contributed by atoms with Gasteiger partial charge < -0.3 is 5.73 Å². The number of hydrogen-bond donors (Lipinski definition) is 1. The first-order valence-electron chi connectivity index (χ1n) is 7.45. The molecule has 0 aliphatic carbocycles. The van der Waals surface area contributed by atoms with E-state index in [2.05, 4.69) is 30.0 Å². The van der Waals surface area contributed by atoms with Gasteiger partial charge in [0, 0.05) is 11.1 Å². The third-order valence-electron chi connectivity index (χ3n) is 4.11. The van der Waals surface area contributed by atoms with E-state index in [0.29, 0.717) is 12.0 Å². The van der Waals surface area contributed by atoms with Crippen LogP contribution in [0.5, 0.6) is 0 Å². The van der Waals surface area contributed by atoms with Gasteiger partial charge in [0.1, 0.15) is 0 Å². The molecule has 19 heavy (non-hydrogen) atoms. The molecule has 1 aliphatic heterocycles. The maximum atomic E-state index is 6.17. The predicted molar refractivity (Wildman–Crippen MR) is 82.5 cm³/mol. The van der Waals surface area contributed by atoms with Crippen LogP contribution in [0.25, 0.3) is 0 Å². The molecule has 0 spiro atoms. The summed E-state index contributed by atoms with van der Waals surface area (Å²) < 4.78 is 0. The first kappa shape index (κ1) is 14.8. The van der Waals surface area contributed by atoms with E-state index in [1.807, 2.05) is 6.07 Å². The molecule has 0 aromatic heterocycles. The lowest BCUT2D eigenvalue weighted by molar-refractivity contribution is 0.158. The van der Waals surface area contributed by atoms with Crippen molar-refractivity contribution in [3.8, 4) is 0 Å². The first-order chi connectivity index (χ1) is 9.26. The van der Waals surface area contributed by atoms with Crippen molar-refractivity contribution in [1.29, 1.82) is 0 Å². The summed E-state index contributed by atoms with van der Waals surface area (Å²) in [6, 6.07) is 8.76. The Bertz CT molecular complexity index is 394. The van der Waals surface area contributed by atoms with Gasteiger partial charge in [0.15, 0.2) is 0 Å². The lowest BCUT2D eigenvalue weighted by atomic mass is 9.89. The molecule has 0 amide bonds. The van der Waals surface area contributed by atoms with Crippen molar-refractivity contribution in [3.63, 3.8) is 0 Å². The van der Waals surface area contributed by atoms with Crippen molar-refractivity contribution in [2.45, 2.75) is 38.6 Å². The van der Waals surface area contributed by atoms with Crippen molar-refractivity contribution in [2.75, 3.05) is 19.6 Å². The monoisotopic (exact) mass is 280 g/mol. The number of benzene rings is 1. The maximum absolute atomic E-state index is 6.17. The Morgan fingerprint density at radius 1 is 1.37 bits per heavy atom. The molecule has 1 fully saturated rings. The summed E-state index contributed by atoms with van der Waals surface area (Å²) in [7, 11) is 0. The van der Waals surface area contributed by atoms with Crippen LogP contribution in [0.4, 0.5) is 0 Å². The molecule has 1 heterocycles. The van der Waals surface area contributed by atoms with Crippen LogP contribution in [0, 0.1) is 5.92 Å². The highest BCUT2D eigenvalue weighted by atomic mass is 35.5. The van der Waals surface area contributed by atoms with Crippen molar-refractivity contribution >= 4 is 11.6 Å². The number of likely N-dealkylation sites (tertiary alicyclic amines) is 1. The van der Waals surface area contributed by atoms with Crippen LogP contribution in [0.2, 0.25) is 5.02 Å².